The summed E-state index contributed by atoms with van der Waals surface area (Å²) in [6.07, 6.45) is 3.09. The van der Waals surface area contributed by atoms with Gasteiger partial charge < -0.3 is 14.0 Å². The molecule has 10 heteroatoms. The van der Waals surface area contributed by atoms with Gasteiger partial charge in [-0.3, -0.25) is 19.4 Å². The number of ketones is 1. The van der Waals surface area contributed by atoms with Crippen LogP contribution in [0.1, 0.15) is 12.8 Å². The Balaban J connectivity index is 1.29. The molecule has 1 unspecified atom stereocenters. The first-order valence-electron chi connectivity index (χ1n) is 11.6. The van der Waals surface area contributed by atoms with Crippen molar-refractivity contribution >= 4 is 28.2 Å². The van der Waals surface area contributed by atoms with E-state index in [0.29, 0.717) is 28.8 Å². The molecule has 2 aromatic heterocycles. The highest BCUT2D eigenvalue weighted by molar-refractivity contribution is 7.14. The van der Waals surface area contributed by atoms with E-state index < -0.39 is 12.0 Å². The molecule has 0 radical (unpaired) electrons. The highest BCUT2D eigenvalue weighted by atomic mass is 32.1. The average Bonchev–Trinajstić information content (AvgIpc) is 3.66. The number of aromatic nitrogens is 2. The third kappa shape index (κ3) is 5.50. The number of unbranched alkanes of at least 4 members (excludes halogenated alkanes) is 1. The Morgan fingerprint density at radius 2 is 1.97 bits per heavy atom. The monoisotopic (exact) mass is 494 g/mol. The lowest BCUT2D eigenvalue weighted by molar-refractivity contribution is -0.134. The lowest BCUT2D eigenvalue weighted by atomic mass is 10.1. The number of thiazole rings is 1. The van der Waals surface area contributed by atoms with Gasteiger partial charge in [-0.25, -0.2) is 4.98 Å². The van der Waals surface area contributed by atoms with E-state index in [4.69, 9.17) is 14.0 Å². The van der Waals surface area contributed by atoms with E-state index in [-0.39, 0.29) is 5.78 Å². The van der Waals surface area contributed by atoms with Gasteiger partial charge in [-0.2, -0.15) is 0 Å². The second-order valence-electron chi connectivity index (χ2n) is 8.33. The van der Waals surface area contributed by atoms with Gasteiger partial charge in [0.25, 0.3) is 5.91 Å². The summed E-state index contributed by atoms with van der Waals surface area (Å²) in [6.45, 7) is 4.75. The number of carbonyl (C=O) groups is 2. The van der Waals surface area contributed by atoms with Crippen LogP contribution in [0.4, 0.5) is 5.13 Å². The minimum Gasteiger partial charge on any atom is -0.480 e. The maximum atomic E-state index is 13.2. The van der Waals surface area contributed by atoms with Crippen LogP contribution < -0.4 is 4.90 Å². The fourth-order valence-corrected chi connectivity index (χ4v) is 4.88. The smallest absolute Gasteiger partial charge is 0.278 e. The molecule has 5 rings (SSSR count). The summed E-state index contributed by atoms with van der Waals surface area (Å²) < 4.78 is 16.2. The van der Waals surface area contributed by atoms with Crippen LogP contribution in [0.5, 0.6) is 0 Å². The van der Waals surface area contributed by atoms with Gasteiger partial charge in [-0.1, -0.05) is 35.5 Å². The number of hydrogen-bond donors (Lipinski definition) is 0. The van der Waals surface area contributed by atoms with Crippen LogP contribution in [0.3, 0.4) is 0 Å². The quantitative estimate of drug-likeness (QED) is 0.330. The SMILES string of the molecule is O=C1C=COC1C(=O)N(CCCCN1CCOCC1)c1nc(-c2cc(-c3ccccc3)no2)cs1. The number of nitrogens with zero attached hydrogens (tertiary/aromatic N) is 4. The van der Waals surface area contributed by atoms with Crippen molar-refractivity contribution in [3.8, 4) is 22.7 Å². The molecule has 4 heterocycles. The lowest BCUT2D eigenvalue weighted by Gasteiger charge is -2.27. The van der Waals surface area contributed by atoms with E-state index in [1.54, 1.807) is 4.90 Å². The number of anilines is 1. The van der Waals surface area contributed by atoms with Crippen molar-refractivity contribution < 1.29 is 23.6 Å². The molecule has 1 amide bonds. The molecule has 2 aliphatic rings. The zero-order valence-corrected chi connectivity index (χ0v) is 20.0. The summed E-state index contributed by atoms with van der Waals surface area (Å²) in [6, 6.07) is 11.6. The lowest BCUT2D eigenvalue weighted by Crippen LogP contribution is -2.43. The first kappa shape index (κ1) is 23.4. The number of carbonyl (C=O) groups excluding carboxylic acids is 2. The third-order valence-electron chi connectivity index (χ3n) is 5.96. The number of benzene rings is 1. The Morgan fingerprint density at radius 3 is 2.74 bits per heavy atom. The molecule has 3 aromatic rings. The van der Waals surface area contributed by atoms with E-state index in [1.165, 1.54) is 23.7 Å². The van der Waals surface area contributed by atoms with Gasteiger partial charge in [0.2, 0.25) is 11.9 Å². The first-order valence-corrected chi connectivity index (χ1v) is 12.5. The maximum absolute atomic E-state index is 13.2. The van der Waals surface area contributed by atoms with Crippen LogP contribution >= 0.6 is 11.3 Å². The molecule has 0 spiro atoms. The number of amides is 1. The zero-order chi connectivity index (χ0) is 24.0. The van der Waals surface area contributed by atoms with Crippen molar-refractivity contribution in [3.63, 3.8) is 0 Å². The van der Waals surface area contributed by atoms with E-state index >= 15 is 0 Å². The Hall–Kier alpha value is -3.34. The van der Waals surface area contributed by atoms with E-state index in [0.717, 1.165) is 51.3 Å². The Labute approximate surface area is 206 Å². The van der Waals surface area contributed by atoms with Gasteiger partial charge in [0, 0.05) is 42.7 Å². The Kier molecular flexibility index (Phi) is 7.31. The van der Waals surface area contributed by atoms with Crippen molar-refractivity contribution in [1.82, 2.24) is 15.0 Å². The van der Waals surface area contributed by atoms with Gasteiger partial charge in [-0.15, -0.1) is 11.3 Å². The zero-order valence-electron chi connectivity index (χ0n) is 19.2. The van der Waals surface area contributed by atoms with Crippen LogP contribution in [-0.4, -0.2) is 72.2 Å². The number of hydrogen-bond acceptors (Lipinski definition) is 9. The highest BCUT2D eigenvalue weighted by Crippen LogP contribution is 2.31. The summed E-state index contributed by atoms with van der Waals surface area (Å²) in [5, 5.41) is 6.48. The molecular weight excluding hydrogens is 468 g/mol. The van der Waals surface area contributed by atoms with E-state index in [9.17, 15) is 9.59 Å². The topological polar surface area (TPSA) is 98.0 Å². The molecule has 1 atom stereocenters. The molecule has 1 aromatic carbocycles. The fraction of sp³-hybridized carbons (Fsp3) is 0.360. The molecule has 0 N–H and O–H groups in total. The fourth-order valence-electron chi connectivity index (χ4n) is 4.03. The van der Waals surface area contributed by atoms with Gasteiger partial charge in [0.05, 0.1) is 19.5 Å². The van der Waals surface area contributed by atoms with Crippen LogP contribution in [0.2, 0.25) is 0 Å². The third-order valence-corrected chi connectivity index (χ3v) is 6.82. The van der Waals surface area contributed by atoms with Gasteiger partial charge in [0.15, 0.2) is 10.9 Å². The van der Waals surface area contributed by atoms with Crippen molar-refractivity contribution in [1.29, 1.82) is 0 Å². The predicted molar refractivity (Wildman–Crippen MR) is 131 cm³/mol. The molecule has 2 aliphatic heterocycles. The van der Waals surface area contributed by atoms with Crippen molar-refractivity contribution in [2.75, 3.05) is 44.3 Å². The Bertz CT molecular complexity index is 1190. The molecule has 9 nitrogen and oxygen atoms in total. The Morgan fingerprint density at radius 1 is 1.14 bits per heavy atom. The molecule has 182 valence electrons. The molecule has 35 heavy (non-hydrogen) atoms. The molecule has 0 aliphatic carbocycles. The number of ether oxygens (including phenoxy) is 2. The summed E-state index contributed by atoms with van der Waals surface area (Å²) >= 11 is 1.32. The van der Waals surface area contributed by atoms with Crippen molar-refractivity contribution in [3.05, 3.63) is 54.1 Å². The molecule has 1 saturated heterocycles. The standard InChI is InChI=1S/C25H26N4O5S/c30-21-8-13-33-23(21)24(31)29(10-5-4-9-28-11-14-32-15-12-28)25-26-20(17-35-25)22-16-19(27-34-22)18-6-2-1-3-7-18/h1-3,6-8,13,16-17,23H,4-5,9-12,14-15H2. The van der Waals surface area contributed by atoms with Gasteiger partial charge in [0.1, 0.15) is 11.4 Å². The molecular formula is C25H26N4O5S. The van der Waals surface area contributed by atoms with Crippen LogP contribution in [0.15, 0.2) is 58.6 Å². The van der Waals surface area contributed by atoms with Crippen LogP contribution in [-0.2, 0) is 19.1 Å². The number of rotatable bonds is 9. The second kappa shape index (κ2) is 10.9. The summed E-state index contributed by atoms with van der Waals surface area (Å²) in [5.41, 5.74) is 2.24. The van der Waals surface area contributed by atoms with E-state index in [1.807, 2.05) is 41.8 Å². The maximum Gasteiger partial charge on any atom is 0.278 e. The number of morpholine rings is 1. The summed E-state index contributed by atoms with van der Waals surface area (Å²) in [7, 11) is 0. The van der Waals surface area contributed by atoms with Gasteiger partial charge >= 0.3 is 0 Å². The van der Waals surface area contributed by atoms with Crippen molar-refractivity contribution in [2.24, 2.45) is 0 Å². The van der Waals surface area contributed by atoms with Crippen LogP contribution in [0.25, 0.3) is 22.7 Å². The van der Waals surface area contributed by atoms with Gasteiger partial charge in [-0.05, 0) is 19.4 Å². The van der Waals surface area contributed by atoms with Crippen LogP contribution in [0, 0.1) is 0 Å². The molecule has 1 fully saturated rings. The molecule has 0 bridgehead atoms. The summed E-state index contributed by atoms with van der Waals surface area (Å²) in [5.74, 6) is -0.247. The highest BCUT2D eigenvalue weighted by Gasteiger charge is 2.35. The average molecular weight is 495 g/mol. The van der Waals surface area contributed by atoms with Crippen molar-refractivity contribution in [2.45, 2.75) is 18.9 Å². The first-order chi connectivity index (χ1) is 17.2. The second-order valence-corrected chi connectivity index (χ2v) is 9.17. The summed E-state index contributed by atoms with van der Waals surface area (Å²) in [4.78, 5) is 33.9. The normalized spacial score (nSPS) is 18.1. The minimum absolute atomic E-state index is 0.354. The van der Waals surface area contributed by atoms with E-state index in [2.05, 4.69) is 15.0 Å². The minimum atomic E-state index is -1.16. The molecule has 0 saturated carbocycles. The largest absolute Gasteiger partial charge is 0.480 e. The predicted octanol–water partition coefficient (Wildman–Crippen LogP) is 3.39.